The highest BCUT2D eigenvalue weighted by Gasteiger charge is 2.23. The first-order valence-corrected chi connectivity index (χ1v) is 11.3. The van der Waals surface area contributed by atoms with Crippen LogP contribution >= 0.6 is 11.8 Å². The van der Waals surface area contributed by atoms with Gasteiger partial charge in [-0.05, 0) is 55.2 Å². The molecule has 2 heterocycles. The number of thioether (sulfide) groups is 1. The van der Waals surface area contributed by atoms with Crippen LogP contribution in [0.5, 0.6) is 0 Å². The summed E-state index contributed by atoms with van der Waals surface area (Å²) < 4.78 is 15.2. The second-order valence-corrected chi connectivity index (χ2v) is 8.61. The van der Waals surface area contributed by atoms with Crippen LogP contribution in [0.1, 0.15) is 12.8 Å². The molecular formula is C23H24FN3O5S. The lowest BCUT2D eigenvalue weighted by atomic mass is 9.96. The molecule has 2 N–H and O–H groups in total. The number of aromatic nitrogens is 2. The Hall–Kier alpha value is -3.40. The zero-order chi connectivity index (χ0) is 23.8. The van der Waals surface area contributed by atoms with Crippen LogP contribution in [0.15, 0.2) is 59.8 Å². The van der Waals surface area contributed by atoms with Gasteiger partial charge in [0.25, 0.3) is 0 Å². The number of piperidine rings is 1. The Morgan fingerprint density at radius 1 is 1.00 bits per heavy atom. The second-order valence-electron chi connectivity index (χ2n) is 7.56. The number of halogens is 1. The molecule has 3 aromatic rings. The summed E-state index contributed by atoms with van der Waals surface area (Å²) in [5, 5.41) is 14.8. The lowest BCUT2D eigenvalue weighted by Gasteiger charge is -2.32. The number of imidazole rings is 1. The van der Waals surface area contributed by atoms with E-state index in [1.807, 2.05) is 29.4 Å². The average molecular weight is 474 g/mol. The van der Waals surface area contributed by atoms with Crippen molar-refractivity contribution in [3.8, 4) is 0 Å². The summed E-state index contributed by atoms with van der Waals surface area (Å²) in [6, 6.07) is 14.5. The van der Waals surface area contributed by atoms with Gasteiger partial charge in [0.05, 0.1) is 23.1 Å². The predicted molar refractivity (Wildman–Crippen MR) is 121 cm³/mol. The number of amides is 1. The maximum absolute atomic E-state index is 12.9. The molecule has 0 saturated carbocycles. The summed E-state index contributed by atoms with van der Waals surface area (Å²) in [5.41, 5.74) is 2.20. The minimum Gasteiger partial charge on any atom is -0.473 e. The molecule has 0 unspecified atom stereocenters. The molecular weight excluding hydrogens is 449 g/mol. The molecule has 4 rings (SSSR count). The molecule has 10 heteroatoms. The number of rotatable bonds is 5. The Morgan fingerprint density at radius 2 is 1.64 bits per heavy atom. The molecule has 1 fully saturated rings. The number of carboxylic acid groups (broad SMARTS) is 2. The van der Waals surface area contributed by atoms with Gasteiger partial charge in [-0.3, -0.25) is 4.79 Å². The number of nitrogens with zero attached hydrogens (tertiary/aromatic N) is 3. The van der Waals surface area contributed by atoms with E-state index >= 15 is 0 Å². The molecule has 0 bridgehead atoms. The van der Waals surface area contributed by atoms with Crippen molar-refractivity contribution in [3.63, 3.8) is 0 Å². The minimum atomic E-state index is -1.82. The van der Waals surface area contributed by atoms with E-state index in [2.05, 4.69) is 15.6 Å². The Kier molecular flexibility index (Phi) is 8.42. The topological polar surface area (TPSA) is 113 Å². The number of likely N-dealkylation sites (tertiary alicyclic amines) is 1. The monoisotopic (exact) mass is 473 g/mol. The van der Waals surface area contributed by atoms with Crippen molar-refractivity contribution in [1.82, 2.24) is 14.5 Å². The van der Waals surface area contributed by atoms with E-state index < -0.39 is 11.9 Å². The van der Waals surface area contributed by atoms with Crippen LogP contribution in [0.4, 0.5) is 4.39 Å². The van der Waals surface area contributed by atoms with Crippen molar-refractivity contribution in [1.29, 1.82) is 0 Å². The molecule has 0 radical (unpaired) electrons. The number of benzene rings is 2. The van der Waals surface area contributed by atoms with Gasteiger partial charge in [-0.2, -0.15) is 0 Å². The standard InChI is InChI=1S/C21H22FN3OS.C2H2O4/c22-17-5-7-18(8-6-17)27-14-21(26)24-11-9-16(10-12-24)13-25-15-23-19-3-1-2-4-20(19)25;3-1(4)2(5)6/h1-8,15-16H,9-14H2;(H,3,4)(H,5,6). The van der Waals surface area contributed by atoms with Crippen LogP contribution < -0.4 is 0 Å². The lowest BCUT2D eigenvalue weighted by molar-refractivity contribution is -0.159. The number of hydrogen-bond donors (Lipinski definition) is 2. The number of carboxylic acids is 2. The zero-order valence-electron chi connectivity index (χ0n) is 17.8. The summed E-state index contributed by atoms with van der Waals surface area (Å²) >= 11 is 1.47. The Bertz CT molecular complexity index is 1100. The Labute approximate surface area is 194 Å². The lowest BCUT2D eigenvalue weighted by Crippen LogP contribution is -2.40. The van der Waals surface area contributed by atoms with Gasteiger partial charge in [-0.15, -0.1) is 11.8 Å². The first-order chi connectivity index (χ1) is 15.8. The molecule has 174 valence electrons. The quantitative estimate of drug-likeness (QED) is 0.432. The molecule has 1 aliphatic heterocycles. The molecule has 0 atom stereocenters. The third-order valence-electron chi connectivity index (χ3n) is 5.31. The molecule has 1 amide bonds. The van der Waals surface area contributed by atoms with Gasteiger partial charge >= 0.3 is 11.9 Å². The van der Waals surface area contributed by atoms with E-state index in [0.29, 0.717) is 11.7 Å². The van der Waals surface area contributed by atoms with E-state index in [9.17, 15) is 9.18 Å². The van der Waals surface area contributed by atoms with Gasteiger partial charge in [0.2, 0.25) is 5.91 Å². The molecule has 1 saturated heterocycles. The van der Waals surface area contributed by atoms with Crippen LogP contribution in [0, 0.1) is 11.7 Å². The second kappa shape index (κ2) is 11.5. The van der Waals surface area contributed by atoms with Crippen LogP contribution in [0.3, 0.4) is 0 Å². The largest absolute Gasteiger partial charge is 0.473 e. The molecule has 2 aromatic carbocycles. The number of carbonyl (C=O) groups is 3. The number of hydrogen-bond acceptors (Lipinski definition) is 5. The molecule has 8 nitrogen and oxygen atoms in total. The highest BCUT2D eigenvalue weighted by molar-refractivity contribution is 8.00. The third kappa shape index (κ3) is 7.04. The van der Waals surface area contributed by atoms with Crippen molar-refractivity contribution < 1.29 is 29.0 Å². The van der Waals surface area contributed by atoms with Crippen LogP contribution in [-0.4, -0.2) is 61.4 Å². The minimum absolute atomic E-state index is 0.163. The van der Waals surface area contributed by atoms with E-state index in [1.165, 1.54) is 29.4 Å². The number of carbonyl (C=O) groups excluding carboxylic acids is 1. The fraction of sp³-hybridized carbons (Fsp3) is 0.304. The number of fused-ring (bicyclic) bond motifs is 1. The highest BCUT2D eigenvalue weighted by Crippen LogP contribution is 2.24. The summed E-state index contributed by atoms with van der Waals surface area (Å²) in [6.45, 7) is 2.56. The Balaban J connectivity index is 0.000000454. The maximum atomic E-state index is 12.9. The van der Waals surface area contributed by atoms with E-state index in [-0.39, 0.29) is 11.7 Å². The van der Waals surface area contributed by atoms with E-state index in [1.54, 1.807) is 12.1 Å². The fourth-order valence-electron chi connectivity index (χ4n) is 3.57. The van der Waals surface area contributed by atoms with Crippen molar-refractivity contribution in [2.24, 2.45) is 5.92 Å². The van der Waals surface area contributed by atoms with Crippen LogP contribution in [0.2, 0.25) is 0 Å². The van der Waals surface area contributed by atoms with Crippen LogP contribution in [0.25, 0.3) is 11.0 Å². The number of para-hydroxylation sites is 2. The highest BCUT2D eigenvalue weighted by atomic mass is 32.2. The predicted octanol–water partition coefficient (Wildman–Crippen LogP) is 3.36. The maximum Gasteiger partial charge on any atom is 0.414 e. The first-order valence-electron chi connectivity index (χ1n) is 10.4. The van der Waals surface area contributed by atoms with Crippen molar-refractivity contribution in [2.75, 3.05) is 18.8 Å². The van der Waals surface area contributed by atoms with Gasteiger partial charge in [-0.25, -0.2) is 19.0 Å². The SMILES string of the molecule is O=C(CSc1ccc(F)cc1)N1CCC(Cn2cnc3ccccc32)CC1.O=C(O)C(=O)O. The van der Waals surface area contributed by atoms with Gasteiger partial charge in [-0.1, -0.05) is 12.1 Å². The van der Waals surface area contributed by atoms with E-state index in [0.717, 1.165) is 42.9 Å². The van der Waals surface area contributed by atoms with Crippen molar-refractivity contribution in [2.45, 2.75) is 24.3 Å². The van der Waals surface area contributed by atoms with Crippen molar-refractivity contribution >= 4 is 40.6 Å². The fourth-order valence-corrected chi connectivity index (χ4v) is 4.37. The summed E-state index contributed by atoms with van der Waals surface area (Å²) in [4.78, 5) is 38.0. The van der Waals surface area contributed by atoms with Gasteiger partial charge in [0, 0.05) is 24.5 Å². The number of aliphatic carboxylic acids is 2. The summed E-state index contributed by atoms with van der Waals surface area (Å²) in [6.07, 6.45) is 3.94. The van der Waals surface area contributed by atoms with Crippen LogP contribution in [-0.2, 0) is 20.9 Å². The summed E-state index contributed by atoms with van der Waals surface area (Å²) in [5.74, 6) is -2.77. The third-order valence-corrected chi connectivity index (χ3v) is 6.31. The molecule has 0 aliphatic carbocycles. The normalized spacial score (nSPS) is 13.9. The van der Waals surface area contributed by atoms with E-state index in [4.69, 9.17) is 19.8 Å². The summed E-state index contributed by atoms with van der Waals surface area (Å²) in [7, 11) is 0. The molecule has 0 spiro atoms. The molecule has 1 aromatic heterocycles. The first kappa shape index (κ1) is 24.2. The van der Waals surface area contributed by atoms with Gasteiger partial charge < -0.3 is 19.7 Å². The smallest absolute Gasteiger partial charge is 0.414 e. The van der Waals surface area contributed by atoms with Crippen molar-refractivity contribution in [3.05, 3.63) is 60.7 Å². The van der Waals surface area contributed by atoms with Gasteiger partial charge in [0.15, 0.2) is 0 Å². The zero-order valence-corrected chi connectivity index (χ0v) is 18.6. The Morgan fingerprint density at radius 3 is 2.27 bits per heavy atom. The van der Waals surface area contributed by atoms with Gasteiger partial charge in [0.1, 0.15) is 5.82 Å². The average Bonchev–Trinajstić information content (AvgIpc) is 3.22. The molecule has 1 aliphatic rings. The molecule has 33 heavy (non-hydrogen) atoms.